The van der Waals surface area contributed by atoms with Crippen LogP contribution in [0.15, 0.2) is 17.2 Å². The molecule has 0 fully saturated rings. The minimum absolute atomic E-state index is 0.0284. The van der Waals surface area contributed by atoms with Gasteiger partial charge in [0.1, 0.15) is 0 Å². The standard InChI is InChI=1S/C10H8N8O2/c11-6-3(13-1-2-14-6)5(19)8-15-4-7(16-8)17-10(12)18-9(4)20/h1-2H,(H2,11,14)(H4,12,15,16,17,18,20). The Bertz CT molecular complexity index is 880. The molecule has 0 radical (unpaired) electrons. The number of nitrogens with zero attached hydrogens (tertiary/aromatic N) is 4. The summed E-state index contributed by atoms with van der Waals surface area (Å²) in [4.78, 5) is 44.0. The van der Waals surface area contributed by atoms with Crippen molar-refractivity contribution in [2.24, 2.45) is 0 Å². The predicted octanol–water partition coefficient (Wildman–Crippen LogP) is -1.17. The maximum atomic E-state index is 12.2. The minimum atomic E-state index is -0.591. The van der Waals surface area contributed by atoms with Crippen LogP contribution in [0.4, 0.5) is 11.8 Å². The Kier molecular flexibility index (Phi) is 2.42. The number of carbonyl (C=O) groups excluding carboxylic acids is 1. The molecular weight excluding hydrogens is 264 g/mol. The highest BCUT2D eigenvalue weighted by Gasteiger charge is 2.20. The van der Waals surface area contributed by atoms with E-state index in [1.807, 2.05) is 0 Å². The molecule has 0 spiro atoms. The summed E-state index contributed by atoms with van der Waals surface area (Å²) >= 11 is 0. The van der Waals surface area contributed by atoms with Gasteiger partial charge in [-0.3, -0.25) is 14.6 Å². The first-order valence-electron chi connectivity index (χ1n) is 5.43. The average Bonchev–Trinajstić information content (AvgIpc) is 2.82. The number of rotatable bonds is 2. The van der Waals surface area contributed by atoms with E-state index in [0.717, 1.165) is 0 Å². The average molecular weight is 272 g/mol. The molecular formula is C10H8N8O2. The predicted molar refractivity (Wildman–Crippen MR) is 68.8 cm³/mol. The molecule has 0 saturated carbocycles. The van der Waals surface area contributed by atoms with E-state index in [1.54, 1.807) is 0 Å². The molecule has 3 heterocycles. The Morgan fingerprint density at radius 1 is 1.10 bits per heavy atom. The number of nitrogens with two attached hydrogens (primary N) is 2. The minimum Gasteiger partial charge on any atom is -0.382 e. The van der Waals surface area contributed by atoms with E-state index in [0.29, 0.717) is 0 Å². The van der Waals surface area contributed by atoms with Gasteiger partial charge in [-0.15, -0.1) is 0 Å². The van der Waals surface area contributed by atoms with Crippen LogP contribution in [-0.2, 0) is 0 Å². The number of anilines is 2. The van der Waals surface area contributed by atoms with E-state index in [4.69, 9.17) is 11.5 Å². The molecule has 6 N–H and O–H groups in total. The zero-order chi connectivity index (χ0) is 14.3. The van der Waals surface area contributed by atoms with Crippen LogP contribution < -0.4 is 17.0 Å². The fourth-order valence-electron chi connectivity index (χ4n) is 1.67. The molecule has 3 rings (SSSR count). The van der Waals surface area contributed by atoms with Gasteiger partial charge < -0.3 is 16.5 Å². The Morgan fingerprint density at radius 2 is 1.85 bits per heavy atom. The number of nitrogen functional groups attached to an aromatic ring is 2. The highest BCUT2D eigenvalue weighted by Crippen LogP contribution is 2.11. The SMILES string of the molecule is Nc1nc2nc(C(=O)c3nccnc3N)[nH]c2c(=O)[nH]1. The highest BCUT2D eigenvalue weighted by molar-refractivity contribution is 6.08. The topological polar surface area (TPSA) is 169 Å². The van der Waals surface area contributed by atoms with Gasteiger partial charge in [-0.05, 0) is 0 Å². The molecule has 10 nitrogen and oxygen atoms in total. The highest BCUT2D eigenvalue weighted by atomic mass is 16.1. The van der Waals surface area contributed by atoms with Crippen LogP contribution >= 0.6 is 0 Å². The van der Waals surface area contributed by atoms with Crippen molar-refractivity contribution in [3.05, 3.63) is 34.3 Å². The van der Waals surface area contributed by atoms with E-state index >= 15 is 0 Å². The van der Waals surface area contributed by atoms with Crippen molar-refractivity contribution in [2.45, 2.75) is 0 Å². The number of aromatic nitrogens is 6. The number of aromatic amines is 2. The van der Waals surface area contributed by atoms with Crippen LogP contribution in [0.3, 0.4) is 0 Å². The Hall–Kier alpha value is -3.30. The Morgan fingerprint density at radius 3 is 2.60 bits per heavy atom. The summed E-state index contributed by atoms with van der Waals surface area (Å²) in [6, 6.07) is 0. The smallest absolute Gasteiger partial charge is 0.278 e. The van der Waals surface area contributed by atoms with Gasteiger partial charge in [0.2, 0.25) is 11.7 Å². The lowest BCUT2D eigenvalue weighted by Crippen LogP contribution is -2.11. The number of hydrogen-bond acceptors (Lipinski definition) is 8. The quantitative estimate of drug-likeness (QED) is 0.423. The molecule has 3 aromatic rings. The first-order chi connectivity index (χ1) is 9.56. The van der Waals surface area contributed by atoms with Crippen LogP contribution in [0.2, 0.25) is 0 Å². The van der Waals surface area contributed by atoms with Crippen LogP contribution in [-0.4, -0.2) is 35.7 Å². The number of H-pyrrole nitrogens is 2. The fourth-order valence-corrected chi connectivity index (χ4v) is 1.67. The molecule has 0 aromatic carbocycles. The van der Waals surface area contributed by atoms with Gasteiger partial charge in [-0.2, -0.15) is 4.98 Å². The zero-order valence-electron chi connectivity index (χ0n) is 9.91. The van der Waals surface area contributed by atoms with Crippen LogP contribution in [0.5, 0.6) is 0 Å². The van der Waals surface area contributed by atoms with Gasteiger partial charge >= 0.3 is 0 Å². The number of nitrogens with one attached hydrogen (secondary N) is 2. The van der Waals surface area contributed by atoms with Gasteiger partial charge in [0.05, 0.1) is 0 Å². The van der Waals surface area contributed by atoms with E-state index in [2.05, 4.69) is 29.9 Å². The lowest BCUT2D eigenvalue weighted by Gasteiger charge is -1.98. The van der Waals surface area contributed by atoms with Crippen molar-refractivity contribution in [3.8, 4) is 0 Å². The number of hydrogen-bond donors (Lipinski definition) is 4. The van der Waals surface area contributed by atoms with Crippen molar-refractivity contribution < 1.29 is 4.79 Å². The first-order valence-corrected chi connectivity index (χ1v) is 5.43. The summed E-state index contributed by atoms with van der Waals surface area (Å²) < 4.78 is 0. The Balaban J connectivity index is 2.16. The van der Waals surface area contributed by atoms with E-state index in [1.165, 1.54) is 12.4 Å². The molecule has 0 aliphatic carbocycles. The van der Waals surface area contributed by atoms with Crippen molar-refractivity contribution in [1.82, 2.24) is 29.9 Å². The number of fused-ring (bicyclic) bond motifs is 1. The Labute approximate surface area is 110 Å². The van der Waals surface area contributed by atoms with Gasteiger partial charge in [0.25, 0.3) is 5.56 Å². The monoisotopic (exact) mass is 272 g/mol. The molecule has 3 aromatic heterocycles. The van der Waals surface area contributed by atoms with Crippen LogP contribution in [0, 0.1) is 0 Å². The van der Waals surface area contributed by atoms with Gasteiger partial charge in [-0.25, -0.2) is 15.0 Å². The maximum Gasteiger partial charge on any atom is 0.278 e. The summed E-state index contributed by atoms with van der Waals surface area (Å²) in [7, 11) is 0. The van der Waals surface area contributed by atoms with Crippen molar-refractivity contribution in [2.75, 3.05) is 11.5 Å². The van der Waals surface area contributed by atoms with Crippen molar-refractivity contribution >= 4 is 28.7 Å². The largest absolute Gasteiger partial charge is 0.382 e. The summed E-state index contributed by atoms with van der Waals surface area (Å²) in [5, 5.41) is 0. The van der Waals surface area contributed by atoms with Gasteiger partial charge in [0, 0.05) is 12.4 Å². The summed E-state index contributed by atoms with van der Waals surface area (Å²) in [5.41, 5.74) is 10.5. The molecule has 0 saturated heterocycles. The molecule has 20 heavy (non-hydrogen) atoms. The third-order valence-electron chi connectivity index (χ3n) is 2.54. The molecule has 100 valence electrons. The lowest BCUT2D eigenvalue weighted by molar-refractivity contribution is 0.102. The third kappa shape index (κ3) is 1.75. The van der Waals surface area contributed by atoms with E-state index in [9.17, 15) is 9.59 Å². The van der Waals surface area contributed by atoms with E-state index < -0.39 is 11.3 Å². The molecule has 0 bridgehead atoms. The molecule has 0 atom stereocenters. The summed E-state index contributed by atoms with van der Waals surface area (Å²) in [6.07, 6.45) is 2.69. The number of ketones is 1. The number of carbonyl (C=O) groups is 1. The van der Waals surface area contributed by atoms with Crippen molar-refractivity contribution in [1.29, 1.82) is 0 Å². The molecule has 0 unspecified atom stereocenters. The fraction of sp³-hybridized carbons (Fsp3) is 0. The first kappa shape index (κ1) is 11.8. The van der Waals surface area contributed by atoms with Crippen LogP contribution in [0.1, 0.15) is 16.3 Å². The summed E-state index contributed by atoms with van der Waals surface area (Å²) in [6.45, 7) is 0. The molecule has 0 amide bonds. The normalized spacial score (nSPS) is 10.8. The second kappa shape index (κ2) is 4.12. The zero-order valence-corrected chi connectivity index (χ0v) is 9.91. The van der Waals surface area contributed by atoms with Crippen molar-refractivity contribution in [3.63, 3.8) is 0 Å². The maximum absolute atomic E-state index is 12.2. The lowest BCUT2D eigenvalue weighted by atomic mass is 10.2. The van der Waals surface area contributed by atoms with Gasteiger partial charge in [-0.1, -0.05) is 0 Å². The summed E-state index contributed by atoms with van der Waals surface area (Å²) in [5.74, 6) is -0.825. The molecule has 10 heteroatoms. The molecule has 0 aliphatic heterocycles. The molecule has 0 aliphatic rings. The van der Waals surface area contributed by atoms with Crippen LogP contribution in [0.25, 0.3) is 11.2 Å². The van der Waals surface area contributed by atoms with E-state index in [-0.39, 0.29) is 34.4 Å². The number of imidazole rings is 1. The second-order valence-electron chi connectivity index (χ2n) is 3.85. The second-order valence-corrected chi connectivity index (χ2v) is 3.85. The third-order valence-corrected chi connectivity index (χ3v) is 2.54. The van der Waals surface area contributed by atoms with Gasteiger partial charge in [0.15, 0.2) is 28.5 Å².